The van der Waals surface area contributed by atoms with Crippen molar-refractivity contribution >= 4 is 41.0 Å². The highest BCUT2D eigenvalue weighted by Gasteiger charge is 2.29. The molecule has 0 saturated heterocycles. The number of rotatable bonds is 8. The zero-order valence-corrected chi connectivity index (χ0v) is 22.2. The molecule has 2 aromatic carbocycles. The van der Waals surface area contributed by atoms with E-state index >= 15 is 0 Å². The largest absolute Gasteiger partial charge is 0.479 e. The Morgan fingerprint density at radius 1 is 0.946 bits per heavy atom. The Morgan fingerprint density at radius 2 is 1.57 bits per heavy atom. The van der Waals surface area contributed by atoms with E-state index in [9.17, 15) is 9.59 Å². The Labute approximate surface area is 226 Å². The fraction of sp³-hybridized carbons (Fsp3) is 0.481. The lowest BCUT2D eigenvalue weighted by Crippen LogP contribution is -2.39. The Balaban J connectivity index is 0.000000325. The average Bonchev–Trinajstić information content (AvgIpc) is 3.15. The van der Waals surface area contributed by atoms with Crippen LogP contribution in [-0.2, 0) is 29.0 Å². The number of aliphatic carboxylic acids is 2. The minimum atomic E-state index is -2.27. The first-order valence-corrected chi connectivity index (χ1v) is 13.8. The van der Waals surface area contributed by atoms with Crippen LogP contribution in [0.1, 0.15) is 48.8 Å². The Hall–Kier alpha value is -2.30. The van der Waals surface area contributed by atoms with Crippen molar-refractivity contribution in [2.75, 3.05) is 18.4 Å². The van der Waals surface area contributed by atoms with Crippen LogP contribution < -0.4 is 10.6 Å². The van der Waals surface area contributed by atoms with Gasteiger partial charge in [0, 0.05) is 16.7 Å². The summed E-state index contributed by atoms with van der Waals surface area (Å²) in [6.45, 7) is 2.89. The molecule has 1 saturated carbocycles. The van der Waals surface area contributed by atoms with Crippen LogP contribution in [-0.4, -0.2) is 62.9 Å². The van der Waals surface area contributed by atoms with Gasteiger partial charge in [-0.15, -0.1) is 11.8 Å². The van der Waals surface area contributed by atoms with Gasteiger partial charge in [0.05, 0.1) is 10.7 Å². The van der Waals surface area contributed by atoms with Gasteiger partial charge in [0.15, 0.2) is 12.2 Å². The molecule has 0 amide bonds. The molecule has 1 fully saturated rings. The number of benzene rings is 2. The molecule has 1 aliphatic heterocycles. The molecule has 4 rings (SSSR count). The Kier molecular flexibility index (Phi) is 11.5. The topological polar surface area (TPSA) is 139 Å². The molecule has 8 nitrogen and oxygen atoms in total. The van der Waals surface area contributed by atoms with E-state index in [1.54, 1.807) is 0 Å². The number of carboxylic acid groups (broad SMARTS) is 2. The van der Waals surface area contributed by atoms with E-state index in [0.29, 0.717) is 0 Å². The number of aliphatic hydroxyl groups is 2. The van der Waals surface area contributed by atoms with Crippen LogP contribution in [0.25, 0.3) is 0 Å². The standard InChI is InChI=1S/C23H29ClN2S.C4H6O6/c24-22-11-8-18-12-14-25-15-13-21(18)23(22)26-16-17-6-9-20(10-7-17)27-19-4-2-1-3-5-19;5-1(3(7)8)2(6)4(9)10/h6-11,19,25-26H,1-5,12-16H2;1-2,5-6H,(H,7,8)(H,9,10)/t;1-,2-/m.1/s1. The predicted molar refractivity (Wildman–Crippen MR) is 146 cm³/mol. The molecule has 0 unspecified atom stereocenters. The first kappa shape index (κ1) is 29.3. The van der Waals surface area contributed by atoms with Crippen molar-refractivity contribution in [2.45, 2.75) is 73.8 Å². The highest BCUT2D eigenvalue weighted by molar-refractivity contribution is 8.00. The molecule has 0 aromatic heterocycles. The molecule has 1 aliphatic carbocycles. The number of thioether (sulfide) groups is 1. The lowest BCUT2D eigenvalue weighted by atomic mass is 10.0. The number of carbonyl (C=O) groups is 2. The van der Waals surface area contributed by atoms with E-state index in [1.807, 2.05) is 6.07 Å². The van der Waals surface area contributed by atoms with E-state index in [0.717, 1.165) is 48.4 Å². The Bertz CT molecular complexity index is 1030. The second-order valence-corrected chi connectivity index (χ2v) is 11.0. The van der Waals surface area contributed by atoms with Crippen molar-refractivity contribution in [1.29, 1.82) is 0 Å². The van der Waals surface area contributed by atoms with E-state index in [1.165, 1.54) is 53.7 Å². The van der Waals surface area contributed by atoms with Gasteiger partial charge in [-0.25, -0.2) is 9.59 Å². The van der Waals surface area contributed by atoms with E-state index in [2.05, 4.69) is 52.7 Å². The van der Waals surface area contributed by atoms with E-state index in [-0.39, 0.29) is 0 Å². The monoisotopic (exact) mass is 550 g/mol. The van der Waals surface area contributed by atoms with Crippen molar-refractivity contribution < 1.29 is 30.0 Å². The van der Waals surface area contributed by atoms with Crippen LogP contribution in [0.5, 0.6) is 0 Å². The molecule has 1 heterocycles. The second kappa shape index (κ2) is 14.6. The number of nitrogens with one attached hydrogen (secondary N) is 2. The third kappa shape index (κ3) is 8.90. The highest BCUT2D eigenvalue weighted by Crippen LogP contribution is 2.34. The summed E-state index contributed by atoms with van der Waals surface area (Å²) < 4.78 is 0. The van der Waals surface area contributed by atoms with Gasteiger partial charge in [-0.1, -0.05) is 49.1 Å². The van der Waals surface area contributed by atoms with Gasteiger partial charge in [0.1, 0.15) is 0 Å². The minimum absolute atomic E-state index is 0.815. The summed E-state index contributed by atoms with van der Waals surface area (Å²) in [4.78, 5) is 20.9. The molecule has 0 radical (unpaired) electrons. The van der Waals surface area contributed by atoms with Crippen LogP contribution in [0.4, 0.5) is 5.69 Å². The maximum absolute atomic E-state index is 9.77. The van der Waals surface area contributed by atoms with Crippen molar-refractivity contribution in [2.24, 2.45) is 0 Å². The van der Waals surface area contributed by atoms with Crippen molar-refractivity contribution in [3.63, 3.8) is 0 Å². The molecule has 2 aliphatic rings. The van der Waals surface area contributed by atoms with Gasteiger partial charge in [-0.2, -0.15) is 0 Å². The van der Waals surface area contributed by atoms with Gasteiger partial charge in [0.25, 0.3) is 0 Å². The third-order valence-electron chi connectivity index (χ3n) is 6.53. The predicted octanol–water partition coefficient (Wildman–Crippen LogP) is 3.94. The van der Waals surface area contributed by atoms with Crippen LogP contribution in [0.2, 0.25) is 5.02 Å². The first-order valence-electron chi connectivity index (χ1n) is 12.6. The number of hydrogen-bond donors (Lipinski definition) is 6. The third-order valence-corrected chi connectivity index (χ3v) is 8.20. The molecule has 10 heteroatoms. The summed E-state index contributed by atoms with van der Waals surface area (Å²) in [7, 11) is 0. The van der Waals surface area contributed by atoms with Gasteiger partial charge in [-0.05, 0) is 73.7 Å². The van der Waals surface area contributed by atoms with Crippen molar-refractivity contribution in [1.82, 2.24) is 5.32 Å². The number of aliphatic hydroxyl groups excluding tert-OH is 2. The molecular weight excluding hydrogens is 516 g/mol. The molecule has 0 spiro atoms. The quantitative estimate of drug-likeness (QED) is 0.288. The van der Waals surface area contributed by atoms with Gasteiger partial charge in [0.2, 0.25) is 0 Å². The number of halogens is 1. The minimum Gasteiger partial charge on any atom is -0.479 e. The number of hydrogen-bond acceptors (Lipinski definition) is 7. The molecular formula is C27H35ClN2O6S. The molecule has 2 atom stereocenters. The van der Waals surface area contributed by atoms with Crippen LogP contribution in [0.3, 0.4) is 0 Å². The summed E-state index contributed by atoms with van der Waals surface area (Å²) in [5, 5.41) is 41.3. The zero-order valence-electron chi connectivity index (χ0n) is 20.7. The van der Waals surface area contributed by atoms with Gasteiger partial charge < -0.3 is 31.1 Å². The summed E-state index contributed by atoms with van der Waals surface area (Å²) in [6.07, 6.45) is 4.55. The van der Waals surface area contributed by atoms with Crippen LogP contribution >= 0.6 is 23.4 Å². The molecule has 2 aromatic rings. The summed E-state index contributed by atoms with van der Waals surface area (Å²) in [5.41, 5.74) is 5.24. The molecule has 0 bridgehead atoms. The van der Waals surface area contributed by atoms with Crippen LogP contribution in [0, 0.1) is 0 Å². The summed E-state index contributed by atoms with van der Waals surface area (Å²) in [5.74, 6) is -3.54. The van der Waals surface area contributed by atoms with E-state index < -0.39 is 24.1 Å². The lowest BCUT2D eigenvalue weighted by Gasteiger charge is -2.21. The highest BCUT2D eigenvalue weighted by atomic mass is 35.5. The number of carboxylic acids is 2. The summed E-state index contributed by atoms with van der Waals surface area (Å²) >= 11 is 8.59. The number of fused-ring (bicyclic) bond motifs is 1. The molecule has 6 N–H and O–H groups in total. The summed E-state index contributed by atoms with van der Waals surface area (Å²) in [6, 6.07) is 13.3. The van der Waals surface area contributed by atoms with Gasteiger partial charge >= 0.3 is 11.9 Å². The second-order valence-electron chi connectivity index (χ2n) is 9.25. The average molecular weight is 551 g/mol. The zero-order chi connectivity index (χ0) is 26.8. The fourth-order valence-corrected chi connectivity index (χ4v) is 5.95. The fourth-order valence-electron chi connectivity index (χ4n) is 4.46. The lowest BCUT2D eigenvalue weighted by molar-refractivity contribution is -0.165. The molecule has 37 heavy (non-hydrogen) atoms. The smallest absolute Gasteiger partial charge is 0.335 e. The maximum Gasteiger partial charge on any atom is 0.335 e. The van der Waals surface area contributed by atoms with Crippen LogP contribution in [0.15, 0.2) is 41.3 Å². The van der Waals surface area contributed by atoms with E-state index in [4.69, 9.17) is 32.0 Å². The number of anilines is 1. The van der Waals surface area contributed by atoms with Gasteiger partial charge in [-0.3, -0.25) is 0 Å². The first-order chi connectivity index (χ1) is 17.8. The SMILES string of the molecule is Clc1ccc2c(c1NCc1ccc(SC3CCCCC3)cc1)CCNCC2.O=C(O)[C@H](O)[C@@H](O)C(=O)O. The normalized spacial score (nSPS) is 17.4. The molecule has 202 valence electrons. The maximum atomic E-state index is 9.77. The van der Waals surface area contributed by atoms with Crippen molar-refractivity contribution in [3.05, 3.63) is 58.1 Å². The van der Waals surface area contributed by atoms with Crippen molar-refractivity contribution in [3.8, 4) is 0 Å². The Morgan fingerprint density at radius 3 is 2.19 bits per heavy atom.